The summed E-state index contributed by atoms with van der Waals surface area (Å²) in [5, 5.41) is 0. The van der Waals surface area contributed by atoms with Gasteiger partial charge in [-0.2, -0.15) is 0 Å². The lowest BCUT2D eigenvalue weighted by Crippen LogP contribution is -2.26. The summed E-state index contributed by atoms with van der Waals surface area (Å²) in [6, 6.07) is 72.5. The molecule has 0 bridgehead atoms. The van der Waals surface area contributed by atoms with Gasteiger partial charge in [-0.25, -0.2) is 15.0 Å². The number of benzene rings is 8. The third-order valence-corrected chi connectivity index (χ3v) is 13.0. The van der Waals surface area contributed by atoms with E-state index in [2.05, 4.69) is 201 Å². The summed E-state index contributed by atoms with van der Waals surface area (Å²) in [6.45, 7) is 4.03. The summed E-state index contributed by atoms with van der Waals surface area (Å²) in [6.07, 6.45) is 1.94. The summed E-state index contributed by atoms with van der Waals surface area (Å²) < 4.78 is 0. The summed E-state index contributed by atoms with van der Waals surface area (Å²) in [4.78, 5) is 19.7. The van der Waals surface area contributed by atoms with Crippen LogP contribution in [0.5, 0.6) is 0 Å². The molecule has 1 unspecified atom stereocenters. The van der Waals surface area contributed by atoms with Crippen molar-refractivity contribution in [3.05, 3.63) is 240 Å². The van der Waals surface area contributed by atoms with E-state index < -0.39 is 5.41 Å². The lowest BCUT2D eigenvalue weighted by atomic mass is 9.70. The van der Waals surface area contributed by atoms with E-state index >= 15 is 0 Å². The number of hydrogen-bond acceptors (Lipinski definition) is 4. The van der Waals surface area contributed by atoms with Crippen molar-refractivity contribution in [2.45, 2.75) is 19.3 Å². The Hall–Kier alpha value is -8.08. The van der Waals surface area contributed by atoms with Crippen LogP contribution in [0.3, 0.4) is 0 Å². The summed E-state index contributed by atoms with van der Waals surface area (Å²) in [5.41, 5.74) is 21.7. The topological polar surface area (TPSA) is 51.6 Å². The monoisotopic (exact) mass is 804 g/mol. The molecule has 2 aromatic heterocycles. The fraction of sp³-hybridized carbons (Fsp3) is 0.0508. The molecule has 0 N–H and O–H groups in total. The first-order valence-corrected chi connectivity index (χ1v) is 21.5. The molecule has 63 heavy (non-hydrogen) atoms. The highest BCUT2D eigenvalue weighted by molar-refractivity contribution is 5.97. The first-order chi connectivity index (χ1) is 31.0. The molecule has 1 atom stereocenters. The van der Waals surface area contributed by atoms with Gasteiger partial charge < -0.3 is 0 Å². The SMILES string of the molecule is Cc1ccc(-c2ccccc2-c2cccc(-c3ccc4c(c3)C3(c5ccccc5-4)c4ccccc4-c4ccc(-c5nc(C)nc(-c6ccc(-c7ccccc7)cc6)n5)cc43)c2)nc1. The smallest absolute Gasteiger partial charge is 0.163 e. The van der Waals surface area contributed by atoms with Crippen molar-refractivity contribution in [2.24, 2.45) is 0 Å². The standard InChI is InChI=1S/C59H40N4/c1-37-23-32-56(60-36-37)51-20-7-6-17-46(51)44-16-12-15-42(33-44)43-28-30-49-47-18-8-10-21-52(47)59(54(49)34-43)53-22-11-9-19-48(53)50-31-29-45(35-55(50)59)58-62-38(2)61-57(63-58)41-26-24-40(25-27-41)39-13-4-3-5-14-39/h3-36H,1-2H3. The Kier molecular flexibility index (Phi) is 8.48. The van der Waals surface area contributed by atoms with E-state index in [1.165, 1.54) is 61.2 Å². The van der Waals surface area contributed by atoms with Crippen molar-refractivity contribution in [2.75, 3.05) is 0 Å². The van der Waals surface area contributed by atoms with E-state index in [9.17, 15) is 0 Å². The molecule has 12 rings (SSSR count). The highest BCUT2D eigenvalue weighted by Crippen LogP contribution is 2.63. The Labute approximate surface area is 367 Å². The Morgan fingerprint density at radius 3 is 1.49 bits per heavy atom. The molecule has 2 heterocycles. The summed E-state index contributed by atoms with van der Waals surface area (Å²) in [5.74, 6) is 2.01. The average molecular weight is 805 g/mol. The predicted molar refractivity (Wildman–Crippen MR) is 256 cm³/mol. The maximum absolute atomic E-state index is 5.14. The number of rotatable bonds is 6. The van der Waals surface area contributed by atoms with E-state index in [0.29, 0.717) is 17.5 Å². The molecule has 0 radical (unpaired) electrons. The molecule has 1 spiro atoms. The third-order valence-electron chi connectivity index (χ3n) is 13.0. The van der Waals surface area contributed by atoms with Gasteiger partial charge in [-0.05, 0) is 122 Å². The molecule has 0 aliphatic heterocycles. The van der Waals surface area contributed by atoms with E-state index in [1.54, 1.807) is 0 Å². The van der Waals surface area contributed by atoms with Crippen LogP contribution < -0.4 is 0 Å². The maximum Gasteiger partial charge on any atom is 0.163 e. The predicted octanol–water partition coefficient (Wildman–Crippen LogP) is 14.2. The quantitative estimate of drug-likeness (QED) is 0.168. The molecule has 0 fully saturated rings. The van der Waals surface area contributed by atoms with Crippen molar-refractivity contribution in [3.63, 3.8) is 0 Å². The lowest BCUT2D eigenvalue weighted by Gasteiger charge is -2.31. The van der Waals surface area contributed by atoms with Crippen LogP contribution in [0.2, 0.25) is 0 Å². The fourth-order valence-corrected chi connectivity index (χ4v) is 10.1. The molecular weight excluding hydrogens is 765 g/mol. The summed E-state index contributed by atoms with van der Waals surface area (Å²) in [7, 11) is 0. The molecule has 296 valence electrons. The van der Waals surface area contributed by atoms with Gasteiger partial charge in [0.25, 0.3) is 0 Å². The van der Waals surface area contributed by atoms with Gasteiger partial charge in [-0.1, -0.05) is 176 Å². The van der Waals surface area contributed by atoms with Crippen LogP contribution >= 0.6 is 0 Å². The molecule has 0 saturated heterocycles. The lowest BCUT2D eigenvalue weighted by molar-refractivity contribution is 0.794. The second-order valence-electron chi connectivity index (χ2n) is 16.7. The minimum absolute atomic E-state index is 0.552. The molecule has 2 aliphatic carbocycles. The molecule has 10 aromatic rings. The zero-order valence-corrected chi connectivity index (χ0v) is 34.9. The van der Waals surface area contributed by atoms with Crippen LogP contribution in [-0.2, 0) is 5.41 Å². The highest BCUT2D eigenvalue weighted by atomic mass is 15.0. The number of fused-ring (bicyclic) bond motifs is 10. The van der Waals surface area contributed by atoms with Crippen LogP contribution in [0.1, 0.15) is 33.6 Å². The van der Waals surface area contributed by atoms with E-state index in [0.717, 1.165) is 44.6 Å². The van der Waals surface area contributed by atoms with Crippen LogP contribution in [0.4, 0.5) is 0 Å². The average Bonchev–Trinajstić information content (AvgIpc) is 3.81. The Balaban J connectivity index is 1.00. The Morgan fingerprint density at radius 1 is 0.317 bits per heavy atom. The second-order valence-corrected chi connectivity index (χ2v) is 16.7. The minimum Gasteiger partial charge on any atom is -0.256 e. The Morgan fingerprint density at radius 2 is 0.810 bits per heavy atom. The summed E-state index contributed by atoms with van der Waals surface area (Å²) >= 11 is 0. The first-order valence-electron chi connectivity index (χ1n) is 21.5. The molecule has 0 saturated carbocycles. The van der Waals surface area contributed by atoms with Crippen molar-refractivity contribution in [3.8, 4) is 89.7 Å². The maximum atomic E-state index is 5.14. The van der Waals surface area contributed by atoms with Gasteiger partial charge in [0, 0.05) is 22.9 Å². The largest absolute Gasteiger partial charge is 0.256 e. The van der Waals surface area contributed by atoms with E-state index in [1.807, 2.05) is 19.2 Å². The zero-order chi connectivity index (χ0) is 42.1. The van der Waals surface area contributed by atoms with Gasteiger partial charge in [0.05, 0.1) is 11.1 Å². The van der Waals surface area contributed by atoms with Crippen molar-refractivity contribution < 1.29 is 0 Å². The van der Waals surface area contributed by atoms with Gasteiger partial charge in [0.1, 0.15) is 5.82 Å². The minimum atomic E-state index is -0.552. The molecule has 4 nitrogen and oxygen atoms in total. The van der Waals surface area contributed by atoms with Crippen LogP contribution in [0.25, 0.3) is 89.7 Å². The normalized spacial score (nSPS) is 14.3. The third kappa shape index (κ3) is 5.90. The van der Waals surface area contributed by atoms with E-state index in [4.69, 9.17) is 19.9 Å². The zero-order valence-electron chi connectivity index (χ0n) is 34.9. The highest BCUT2D eigenvalue weighted by Gasteiger charge is 2.51. The van der Waals surface area contributed by atoms with Crippen molar-refractivity contribution >= 4 is 0 Å². The van der Waals surface area contributed by atoms with Crippen molar-refractivity contribution in [1.82, 2.24) is 19.9 Å². The molecule has 8 aromatic carbocycles. The van der Waals surface area contributed by atoms with Crippen molar-refractivity contribution in [1.29, 1.82) is 0 Å². The fourth-order valence-electron chi connectivity index (χ4n) is 10.1. The second kappa shape index (κ2) is 14.5. The molecule has 4 heteroatoms. The number of aryl methyl sites for hydroxylation is 2. The number of pyridine rings is 1. The number of hydrogen-bond donors (Lipinski definition) is 0. The Bertz CT molecular complexity index is 3390. The molecule has 0 amide bonds. The number of nitrogens with zero attached hydrogens (tertiary/aromatic N) is 4. The van der Waals surface area contributed by atoms with Crippen LogP contribution in [0, 0.1) is 13.8 Å². The van der Waals surface area contributed by atoms with E-state index in [-0.39, 0.29) is 0 Å². The first kappa shape index (κ1) is 36.7. The van der Waals surface area contributed by atoms with Crippen LogP contribution in [-0.4, -0.2) is 19.9 Å². The van der Waals surface area contributed by atoms with Gasteiger partial charge in [-0.3, -0.25) is 4.98 Å². The molecule has 2 aliphatic rings. The molecular formula is C59H40N4. The van der Waals surface area contributed by atoms with Gasteiger partial charge in [0.2, 0.25) is 0 Å². The van der Waals surface area contributed by atoms with Crippen LogP contribution in [0.15, 0.2) is 206 Å². The van der Waals surface area contributed by atoms with Gasteiger partial charge in [0.15, 0.2) is 11.6 Å². The number of aromatic nitrogens is 4. The van der Waals surface area contributed by atoms with Gasteiger partial charge >= 0.3 is 0 Å². The van der Waals surface area contributed by atoms with Gasteiger partial charge in [-0.15, -0.1) is 0 Å².